The van der Waals surface area contributed by atoms with Gasteiger partial charge in [0.15, 0.2) is 11.0 Å². The first kappa shape index (κ1) is 24.8. The zero-order valence-electron chi connectivity index (χ0n) is 20.6. The molecule has 2 aliphatic rings. The number of hydrogen-bond donors (Lipinski definition) is 2. The van der Waals surface area contributed by atoms with Crippen molar-refractivity contribution in [1.82, 2.24) is 19.9 Å². The molecule has 3 aromatic rings. The second-order valence-electron chi connectivity index (χ2n) is 9.65. The normalized spacial score (nSPS) is 16.6. The van der Waals surface area contributed by atoms with Gasteiger partial charge in [-0.25, -0.2) is 15.0 Å². The largest absolute Gasteiger partial charge is 0.377 e. The summed E-state index contributed by atoms with van der Waals surface area (Å²) in [6, 6.07) is 5.99. The summed E-state index contributed by atoms with van der Waals surface area (Å²) >= 11 is 7.98. The monoisotopic (exact) mass is 521 g/mol. The van der Waals surface area contributed by atoms with Crippen molar-refractivity contribution in [2.75, 3.05) is 18.4 Å². The molecule has 1 saturated heterocycles. The van der Waals surface area contributed by atoms with Gasteiger partial charge in [0, 0.05) is 56.2 Å². The fourth-order valence-electron chi connectivity index (χ4n) is 4.58. The Bertz CT molecular complexity index is 1380. The van der Waals surface area contributed by atoms with Crippen LogP contribution in [0.2, 0.25) is 5.02 Å². The van der Waals surface area contributed by atoms with Crippen molar-refractivity contribution in [3.8, 4) is 33.8 Å². The van der Waals surface area contributed by atoms with E-state index in [9.17, 15) is 9.90 Å². The molecular weight excluding hydrogens is 494 g/mol. The lowest BCUT2D eigenvalue weighted by Gasteiger charge is -2.37. The molecule has 0 bridgehead atoms. The lowest BCUT2D eigenvalue weighted by Crippen LogP contribution is -2.46. The Kier molecular flexibility index (Phi) is 6.84. The fraction of sp³-hybridized carbons (Fsp3) is 0.407. The molecule has 36 heavy (non-hydrogen) atoms. The number of aryl methyl sites for hydroxylation is 2. The standard InChI is InChI=1S/C27H28ClN5O2S/c1-16(2)33-12-10-27(35,11-13-33)9-8-18-4-6-21(28)20(14-18)25-29-15-19-5-7-22-24(23(19)32-25)36-26(31-22)30-17(3)34/h4,6,14-16,35H,5,7,10-13H2,1-3H3,(H,30,31,34). The number of hydrogen-bond acceptors (Lipinski definition) is 7. The molecule has 1 amide bonds. The molecule has 186 valence electrons. The summed E-state index contributed by atoms with van der Waals surface area (Å²) in [4.78, 5) is 28.8. The van der Waals surface area contributed by atoms with Crippen LogP contribution >= 0.6 is 22.9 Å². The number of carbonyl (C=O) groups excluding carboxylic acids is 1. The van der Waals surface area contributed by atoms with E-state index in [0.29, 0.717) is 40.4 Å². The van der Waals surface area contributed by atoms with Crippen LogP contribution in [0, 0.1) is 11.8 Å². The molecule has 1 aliphatic heterocycles. The van der Waals surface area contributed by atoms with Gasteiger partial charge in [0.1, 0.15) is 5.60 Å². The highest BCUT2D eigenvalue weighted by Gasteiger charge is 2.31. The van der Waals surface area contributed by atoms with E-state index >= 15 is 0 Å². The van der Waals surface area contributed by atoms with Gasteiger partial charge in [0.25, 0.3) is 0 Å². The summed E-state index contributed by atoms with van der Waals surface area (Å²) in [5.74, 6) is 6.62. The molecule has 0 saturated carbocycles. The highest BCUT2D eigenvalue weighted by Crippen LogP contribution is 2.39. The van der Waals surface area contributed by atoms with Crippen LogP contribution in [0.25, 0.3) is 22.0 Å². The van der Waals surface area contributed by atoms with E-state index in [4.69, 9.17) is 16.6 Å². The number of aliphatic hydroxyl groups is 1. The number of thiazole rings is 1. The predicted octanol–water partition coefficient (Wildman–Crippen LogP) is 4.56. The highest BCUT2D eigenvalue weighted by atomic mass is 35.5. The number of halogens is 1. The van der Waals surface area contributed by atoms with E-state index < -0.39 is 5.60 Å². The molecule has 0 spiro atoms. The number of anilines is 1. The number of likely N-dealkylation sites (tertiary alicyclic amines) is 1. The second-order valence-corrected chi connectivity index (χ2v) is 11.1. The summed E-state index contributed by atoms with van der Waals surface area (Å²) < 4.78 is 0. The first-order valence-corrected chi connectivity index (χ1v) is 13.3. The third-order valence-corrected chi connectivity index (χ3v) is 8.04. The van der Waals surface area contributed by atoms with Crippen molar-refractivity contribution in [2.45, 2.75) is 58.1 Å². The van der Waals surface area contributed by atoms with Crippen LogP contribution in [0.4, 0.5) is 5.13 Å². The van der Waals surface area contributed by atoms with Crippen LogP contribution in [0.15, 0.2) is 24.4 Å². The van der Waals surface area contributed by atoms with Crippen molar-refractivity contribution >= 4 is 34.0 Å². The lowest BCUT2D eigenvalue weighted by molar-refractivity contribution is -0.114. The number of piperidine rings is 1. The number of nitrogens with zero attached hydrogens (tertiary/aromatic N) is 4. The van der Waals surface area contributed by atoms with Crippen LogP contribution < -0.4 is 5.32 Å². The van der Waals surface area contributed by atoms with E-state index in [-0.39, 0.29) is 5.91 Å². The Morgan fingerprint density at radius 1 is 1.25 bits per heavy atom. The minimum atomic E-state index is -0.984. The summed E-state index contributed by atoms with van der Waals surface area (Å²) in [7, 11) is 0. The Balaban J connectivity index is 1.43. The topological polar surface area (TPSA) is 91.2 Å². The average molecular weight is 522 g/mol. The van der Waals surface area contributed by atoms with Crippen molar-refractivity contribution in [1.29, 1.82) is 0 Å². The minimum absolute atomic E-state index is 0.149. The second kappa shape index (κ2) is 9.91. The number of nitrogens with one attached hydrogen (secondary N) is 1. The molecule has 1 aromatic carbocycles. The number of carbonyl (C=O) groups is 1. The molecule has 2 aromatic heterocycles. The third-order valence-electron chi connectivity index (χ3n) is 6.69. The van der Waals surface area contributed by atoms with Gasteiger partial charge in [0.2, 0.25) is 5.91 Å². The Labute approximate surface area is 220 Å². The molecule has 1 aliphatic carbocycles. The minimum Gasteiger partial charge on any atom is -0.377 e. The van der Waals surface area contributed by atoms with Gasteiger partial charge in [-0.3, -0.25) is 4.79 Å². The Morgan fingerprint density at radius 3 is 2.75 bits per heavy atom. The van der Waals surface area contributed by atoms with Gasteiger partial charge in [-0.15, -0.1) is 0 Å². The molecule has 9 heteroatoms. The number of benzene rings is 1. The zero-order chi connectivity index (χ0) is 25.4. The molecule has 0 atom stereocenters. The molecule has 3 heterocycles. The Morgan fingerprint density at radius 2 is 2.03 bits per heavy atom. The molecule has 7 nitrogen and oxygen atoms in total. The van der Waals surface area contributed by atoms with Crippen LogP contribution in [-0.2, 0) is 17.6 Å². The first-order chi connectivity index (χ1) is 17.2. The number of aromatic nitrogens is 3. The molecule has 5 rings (SSSR count). The smallest absolute Gasteiger partial charge is 0.223 e. The van der Waals surface area contributed by atoms with Crippen LogP contribution in [0.5, 0.6) is 0 Å². The van der Waals surface area contributed by atoms with E-state index in [1.54, 1.807) is 6.07 Å². The SMILES string of the molecule is CC(=O)Nc1nc2c(s1)-c1nc(-c3cc(C#CC4(O)CCN(C(C)C)CC4)ccc3Cl)ncc1CC2. The number of fused-ring (bicyclic) bond motifs is 3. The molecular formula is C27H28ClN5O2S. The number of rotatable bonds is 3. The van der Waals surface area contributed by atoms with E-state index in [1.807, 2.05) is 18.3 Å². The quantitative estimate of drug-likeness (QED) is 0.491. The van der Waals surface area contributed by atoms with Crippen LogP contribution in [0.1, 0.15) is 50.4 Å². The maximum absolute atomic E-state index is 11.5. The fourth-order valence-corrected chi connectivity index (χ4v) is 5.86. The van der Waals surface area contributed by atoms with Crippen LogP contribution in [0.3, 0.4) is 0 Å². The molecule has 2 N–H and O–H groups in total. The molecule has 1 fully saturated rings. The summed E-state index contributed by atoms with van der Waals surface area (Å²) in [6.45, 7) is 7.49. The Hall–Kier alpha value is -2.83. The van der Waals surface area contributed by atoms with Gasteiger partial charge in [0.05, 0.1) is 21.3 Å². The van der Waals surface area contributed by atoms with Crippen LogP contribution in [-0.4, -0.2) is 55.6 Å². The average Bonchev–Trinajstić information content (AvgIpc) is 3.26. The van der Waals surface area contributed by atoms with Gasteiger partial charge >= 0.3 is 0 Å². The predicted molar refractivity (Wildman–Crippen MR) is 143 cm³/mol. The van der Waals surface area contributed by atoms with E-state index in [2.05, 4.69) is 45.9 Å². The van der Waals surface area contributed by atoms with Gasteiger partial charge < -0.3 is 15.3 Å². The zero-order valence-corrected chi connectivity index (χ0v) is 22.1. The van der Waals surface area contributed by atoms with E-state index in [1.165, 1.54) is 18.3 Å². The van der Waals surface area contributed by atoms with Gasteiger partial charge in [-0.1, -0.05) is 34.8 Å². The first-order valence-electron chi connectivity index (χ1n) is 12.1. The van der Waals surface area contributed by atoms with Gasteiger partial charge in [-0.05, 0) is 50.5 Å². The van der Waals surface area contributed by atoms with Gasteiger partial charge in [-0.2, -0.15) is 0 Å². The maximum Gasteiger partial charge on any atom is 0.223 e. The molecule has 0 unspecified atom stereocenters. The third kappa shape index (κ3) is 5.16. The van der Waals surface area contributed by atoms with Crippen molar-refractivity contribution < 1.29 is 9.90 Å². The van der Waals surface area contributed by atoms with Crippen molar-refractivity contribution in [3.05, 3.63) is 46.2 Å². The highest BCUT2D eigenvalue weighted by molar-refractivity contribution is 7.19. The maximum atomic E-state index is 11.5. The molecule has 0 radical (unpaired) electrons. The van der Waals surface area contributed by atoms with E-state index in [0.717, 1.165) is 53.3 Å². The van der Waals surface area contributed by atoms with Crippen molar-refractivity contribution in [3.63, 3.8) is 0 Å². The van der Waals surface area contributed by atoms with Crippen molar-refractivity contribution in [2.24, 2.45) is 0 Å². The summed E-state index contributed by atoms with van der Waals surface area (Å²) in [5, 5.41) is 14.9. The summed E-state index contributed by atoms with van der Waals surface area (Å²) in [6.07, 6.45) is 4.68. The summed E-state index contributed by atoms with van der Waals surface area (Å²) in [5.41, 5.74) is 3.26. The number of amides is 1. The lowest BCUT2D eigenvalue weighted by atomic mass is 9.91.